The summed E-state index contributed by atoms with van der Waals surface area (Å²) in [5, 5.41) is 0. The van der Waals surface area contributed by atoms with E-state index in [4.69, 9.17) is 9.47 Å². The molecule has 0 aliphatic heterocycles. The van der Waals surface area contributed by atoms with Crippen molar-refractivity contribution < 1.29 is 45.8 Å². The maximum atomic E-state index is 13.6. The van der Waals surface area contributed by atoms with E-state index in [1.165, 1.54) is 6.08 Å². The van der Waals surface area contributed by atoms with Gasteiger partial charge in [-0.2, -0.15) is 8.78 Å². The Hall–Kier alpha value is -5.19. The molecule has 0 spiro atoms. The summed E-state index contributed by atoms with van der Waals surface area (Å²) >= 11 is 0. The van der Waals surface area contributed by atoms with Crippen LogP contribution in [0.3, 0.4) is 0 Å². The molecule has 51 heavy (non-hydrogen) atoms. The summed E-state index contributed by atoms with van der Waals surface area (Å²) in [6.45, 7) is 0.584. The second-order valence-electron chi connectivity index (χ2n) is 12.1. The average molecular weight is 710 g/mol. The summed E-state index contributed by atoms with van der Waals surface area (Å²) in [4.78, 5) is 26.1. The third-order valence-corrected chi connectivity index (χ3v) is 8.01. The predicted molar refractivity (Wildman–Crippen MR) is 186 cm³/mol. The lowest BCUT2D eigenvalue weighted by atomic mass is 10.1. The number of ether oxygens (including phenoxy) is 3. The molecule has 0 unspecified atom stereocenters. The summed E-state index contributed by atoms with van der Waals surface area (Å²) in [5.41, 5.74) is 3.95. The third kappa shape index (κ3) is 11.7. The molecule has 4 aromatic rings. The molecule has 0 saturated carbocycles. The van der Waals surface area contributed by atoms with E-state index in [2.05, 4.69) is 4.74 Å². The highest BCUT2D eigenvalue weighted by atomic mass is 19.2. The van der Waals surface area contributed by atoms with Gasteiger partial charge in [0.05, 0.1) is 6.61 Å². The Bertz CT molecular complexity index is 1750. The highest BCUT2D eigenvalue weighted by Gasteiger charge is 2.28. The molecule has 0 aliphatic carbocycles. The van der Waals surface area contributed by atoms with E-state index in [1.807, 2.05) is 79.7 Å². The number of anilines is 1. The molecule has 4 rings (SSSR count). The lowest BCUT2D eigenvalue weighted by molar-refractivity contribution is -0.135. The van der Waals surface area contributed by atoms with Crippen LogP contribution in [0.25, 0.3) is 17.2 Å². The summed E-state index contributed by atoms with van der Waals surface area (Å²) in [6.07, 6.45) is 9.59. The van der Waals surface area contributed by atoms with Gasteiger partial charge >= 0.3 is 11.9 Å². The molecule has 0 aromatic heterocycles. The van der Waals surface area contributed by atoms with Crippen LogP contribution in [0.1, 0.15) is 63.4 Å². The maximum absolute atomic E-state index is 13.6. The van der Waals surface area contributed by atoms with Gasteiger partial charge in [0, 0.05) is 32.3 Å². The Morgan fingerprint density at radius 2 is 1.08 bits per heavy atom. The van der Waals surface area contributed by atoms with Crippen molar-refractivity contribution in [3.63, 3.8) is 0 Å². The van der Waals surface area contributed by atoms with Crippen molar-refractivity contribution in [1.29, 1.82) is 0 Å². The van der Waals surface area contributed by atoms with Crippen molar-refractivity contribution in [3.8, 4) is 28.4 Å². The first-order chi connectivity index (χ1) is 24.5. The zero-order valence-corrected chi connectivity index (χ0v) is 28.5. The number of benzene rings is 4. The number of carbonyl (C=O) groups is 2. The highest BCUT2D eigenvalue weighted by Crippen LogP contribution is 2.30. The molecular formula is C40H40F5NO5. The molecular weight excluding hydrogens is 669 g/mol. The van der Waals surface area contributed by atoms with Crippen LogP contribution < -0.4 is 19.1 Å². The molecule has 0 amide bonds. The lowest BCUT2D eigenvalue weighted by Gasteiger charge is -2.11. The molecule has 0 N–H and O–H groups in total. The van der Waals surface area contributed by atoms with Gasteiger partial charge in [-0.1, -0.05) is 74.9 Å². The molecule has 0 fully saturated rings. The molecule has 0 radical (unpaired) electrons. The first kappa shape index (κ1) is 38.6. The van der Waals surface area contributed by atoms with Gasteiger partial charge in [0.2, 0.25) is 34.8 Å². The Balaban J connectivity index is 1.05. The van der Waals surface area contributed by atoms with Gasteiger partial charge in [0.1, 0.15) is 11.5 Å². The molecule has 0 heterocycles. The van der Waals surface area contributed by atoms with Crippen molar-refractivity contribution in [1.82, 2.24) is 0 Å². The van der Waals surface area contributed by atoms with Crippen LogP contribution in [-0.2, 0) is 9.59 Å². The van der Waals surface area contributed by atoms with Gasteiger partial charge in [-0.3, -0.25) is 4.79 Å². The first-order valence-corrected chi connectivity index (χ1v) is 16.8. The van der Waals surface area contributed by atoms with Crippen molar-refractivity contribution in [2.75, 3.05) is 25.6 Å². The van der Waals surface area contributed by atoms with Gasteiger partial charge in [0.25, 0.3) is 0 Å². The van der Waals surface area contributed by atoms with Gasteiger partial charge in [0.15, 0.2) is 0 Å². The second kappa shape index (κ2) is 19.3. The molecule has 4 aromatic carbocycles. The molecule has 0 saturated heterocycles. The van der Waals surface area contributed by atoms with Gasteiger partial charge in [-0.15, -0.1) is 0 Å². The minimum atomic E-state index is -2.31. The largest absolute Gasteiger partial charge is 0.494 e. The van der Waals surface area contributed by atoms with Crippen molar-refractivity contribution in [2.24, 2.45) is 0 Å². The number of carbonyl (C=O) groups excluding carboxylic acids is 2. The number of unbranched alkanes of at least 4 members (excludes halogenated alkanes) is 7. The Labute approximate surface area is 294 Å². The third-order valence-electron chi connectivity index (χ3n) is 8.01. The number of halogens is 5. The highest BCUT2D eigenvalue weighted by molar-refractivity contribution is 5.88. The SMILES string of the molecule is CN(C)c1ccc(/C=C/C(=O)Oc2ccc(-c3ccc(OCCCCCCCCCCC(=O)Oc4c(F)c(F)c(F)c(F)c4F)cc3)cc2)cc1. The normalized spacial score (nSPS) is 11.1. The smallest absolute Gasteiger partial charge is 0.336 e. The van der Waals surface area contributed by atoms with E-state index in [9.17, 15) is 31.5 Å². The standard InChI is InChI=1S/C40H40F5NO5/c1-46(2)30-19-12-27(13-20-30)14-25-34(48)50-32-23-17-29(18-24-32)28-15-21-31(22-16-28)49-26-10-8-6-4-3-5-7-9-11-33(47)51-40-38(44)36(42)35(41)37(43)39(40)45/h12-25H,3-11,26H2,1-2H3/b25-14+. The molecule has 0 bridgehead atoms. The van der Waals surface area contributed by atoms with E-state index < -0.39 is 46.8 Å². The minimum Gasteiger partial charge on any atom is -0.494 e. The number of hydrogen-bond donors (Lipinski definition) is 0. The maximum Gasteiger partial charge on any atom is 0.336 e. The van der Waals surface area contributed by atoms with Crippen LogP contribution in [-0.4, -0.2) is 32.6 Å². The van der Waals surface area contributed by atoms with Crippen LogP contribution in [0.5, 0.6) is 17.2 Å². The number of esters is 2. The second-order valence-corrected chi connectivity index (χ2v) is 12.1. The fourth-order valence-electron chi connectivity index (χ4n) is 5.12. The molecule has 270 valence electrons. The van der Waals surface area contributed by atoms with Gasteiger partial charge < -0.3 is 19.1 Å². The van der Waals surface area contributed by atoms with Crippen LogP contribution >= 0.6 is 0 Å². The molecule has 0 atom stereocenters. The summed E-state index contributed by atoms with van der Waals surface area (Å²) < 4.78 is 82.6. The van der Waals surface area contributed by atoms with Crippen LogP contribution in [0, 0.1) is 29.1 Å². The zero-order valence-electron chi connectivity index (χ0n) is 28.5. The van der Waals surface area contributed by atoms with Crippen molar-refractivity contribution >= 4 is 23.7 Å². The summed E-state index contributed by atoms with van der Waals surface area (Å²) in [5.74, 6) is -12.8. The fraction of sp³-hybridized carbons (Fsp3) is 0.300. The lowest BCUT2D eigenvalue weighted by Crippen LogP contribution is -2.13. The fourth-order valence-corrected chi connectivity index (χ4v) is 5.12. The minimum absolute atomic E-state index is 0.201. The Morgan fingerprint density at radius 1 is 0.588 bits per heavy atom. The van der Waals surface area contributed by atoms with Gasteiger partial charge in [-0.05, 0) is 72.0 Å². The quantitative estimate of drug-likeness (QED) is 0.0195. The van der Waals surface area contributed by atoms with Crippen LogP contribution in [0.2, 0.25) is 0 Å². The zero-order chi connectivity index (χ0) is 36.8. The van der Waals surface area contributed by atoms with Crippen LogP contribution in [0.15, 0.2) is 78.9 Å². The number of rotatable bonds is 18. The van der Waals surface area contributed by atoms with Crippen LogP contribution in [0.4, 0.5) is 27.6 Å². The van der Waals surface area contributed by atoms with Crippen molar-refractivity contribution in [3.05, 3.63) is 114 Å². The first-order valence-electron chi connectivity index (χ1n) is 16.8. The predicted octanol–water partition coefficient (Wildman–Crippen LogP) is 10.2. The molecule has 6 nitrogen and oxygen atoms in total. The van der Waals surface area contributed by atoms with E-state index in [-0.39, 0.29) is 6.42 Å². The molecule has 11 heteroatoms. The monoisotopic (exact) mass is 709 g/mol. The average Bonchev–Trinajstić information content (AvgIpc) is 3.14. The number of nitrogens with zero attached hydrogens (tertiary/aromatic N) is 1. The van der Waals surface area contributed by atoms with E-state index in [0.29, 0.717) is 25.2 Å². The molecule has 0 aliphatic rings. The van der Waals surface area contributed by atoms with E-state index >= 15 is 0 Å². The topological polar surface area (TPSA) is 65.1 Å². The summed E-state index contributed by atoms with van der Waals surface area (Å²) in [7, 11) is 3.93. The van der Waals surface area contributed by atoms with Gasteiger partial charge in [-0.25, -0.2) is 18.0 Å². The van der Waals surface area contributed by atoms with Crippen molar-refractivity contribution in [2.45, 2.75) is 57.8 Å². The van der Waals surface area contributed by atoms with E-state index in [0.717, 1.165) is 66.7 Å². The summed E-state index contributed by atoms with van der Waals surface area (Å²) in [6, 6.07) is 22.9. The Kier molecular flexibility index (Phi) is 14.6. The Morgan fingerprint density at radius 3 is 1.63 bits per heavy atom. The number of hydrogen-bond acceptors (Lipinski definition) is 6. The van der Waals surface area contributed by atoms with E-state index in [1.54, 1.807) is 18.2 Å².